The Morgan fingerprint density at radius 3 is 2.46 bits per heavy atom. The highest BCUT2D eigenvalue weighted by Crippen LogP contribution is 2.20. The van der Waals surface area contributed by atoms with Crippen LogP contribution in [-0.2, 0) is 4.79 Å². The maximum Gasteiger partial charge on any atom is 0.265 e. The summed E-state index contributed by atoms with van der Waals surface area (Å²) >= 11 is 0. The van der Waals surface area contributed by atoms with Gasteiger partial charge in [0.15, 0.2) is 6.10 Å². The zero-order chi connectivity index (χ0) is 17.4. The van der Waals surface area contributed by atoms with Gasteiger partial charge in [-0.3, -0.25) is 4.79 Å². The van der Waals surface area contributed by atoms with E-state index in [2.05, 4.69) is 5.32 Å². The van der Waals surface area contributed by atoms with Crippen molar-refractivity contribution in [3.05, 3.63) is 48.5 Å². The summed E-state index contributed by atoms with van der Waals surface area (Å²) < 4.78 is 16.3. The molecule has 1 atom stereocenters. The molecule has 0 aromatic heterocycles. The molecule has 2 aromatic rings. The van der Waals surface area contributed by atoms with Crippen molar-refractivity contribution in [3.63, 3.8) is 0 Å². The molecule has 1 N–H and O–H groups in total. The van der Waals surface area contributed by atoms with Crippen LogP contribution in [0.25, 0.3) is 0 Å². The minimum Gasteiger partial charge on any atom is -0.497 e. The Labute approximate surface area is 142 Å². The molecule has 0 saturated carbocycles. The number of carbonyl (C=O) groups is 1. The van der Waals surface area contributed by atoms with Crippen LogP contribution in [0.1, 0.15) is 20.3 Å². The molecule has 0 radical (unpaired) electrons. The van der Waals surface area contributed by atoms with Crippen molar-refractivity contribution in [3.8, 4) is 17.2 Å². The smallest absolute Gasteiger partial charge is 0.265 e. The third kappa shape index (κ3) is 5.19. The normalized spacial score (nSPS) is 11.5. The number of nitrogens with one attached hydrogen (secondary N) is 1. The SMILES string of the molecule is CCCOc1cccc(NC(=O)C(C)Oc2ccc(OC)cc2)c1. The standard InChI is InChI=1S/C19H23NO4/c1-4-12-23-18-7-5-6-15(13-18)20-19(21)14(2)24-17-10-8-16(22-3)9-11-17/h5-11,13-14H,4,12H2,1-3H3,(H,20,21). The Hall–Kier alpha value is -2.69. The molecule has 1 unspecified atom stereocenters. The van der Waals surface area contributed by atoms with Gasteiger partial charge in [0.25, 0.3) is 5.91 Å². The summed E-state index contributed by atoms with van der Waals surface area (Å²) in [6, 6.07) is 14.4. The number of amides is 1. The van der Waals surface area contributed by atoms with Crippen molar-refractivity contribution in [2.24, 2.45) is 0 Å². The van der Waals surface area contributed by atoms with Gasteiger partial charge >= 0.3 is 0 Å². The molecular weight excluding hydrogens is 306 g/mol. The van der Waals surface area contributed by atoms with Gasteiger partial charge in [-0.1, -0.05) is 13.0 Å². The zero-order valence-electron chi connectivity index (χ0n) is 14.2. The van der Waals surface area contributed by atoms with Gasteiger partial charge in [-0.15, -0.1) is 0 Å². The van der Waals surface area contributed by atoms with Crippen LogP contribution in [0, 0.1) is 0 Å². The molecule has 0 saturated heterocycles. The second-order valence-electron chi connectivity index (χ2n) is 5.30. The van der Waals surface area contributed by atoms with Crippen molar-refractivity contribution < 1.29 is 19.0 Å². The van der Waals surface area contributed by atoms with Gasteiger partial charge in [0.2, 0.25) is 0 Å². The lowest BCUT2D eigenvalue weighted by Gasteiger charge is -2.15. The highest BCUT2D eigenvalue weighted by Gasteiger charge is 2.15. The summed E-state index contributed by atoms with van der Waals surface area (Å²) in [5, 5.41) is 2.83. The quantitative estimate of drug-likeness (QED) is 0.798. The first-order valence-corrected chi connectivity index (χ1v) is 7.96. The Morgan fingerprint density at radius 1 is 1.08 bits per heavy atom. The largest absolute Gasteiger partial charge is 0.497 e. The van der Waals surface area contributed by atoms with Gasteiger partial charge in [-0.25, -0.2) is 0 Å². The topological polar surface area (TPSA) is 56.8 Å². The zero-order valence-corrected chi connectivity index (χ0v) is 14.2. The van der Waals surface area contributed by atoms with Crippen molar-refractivity contribution in [2.45, 2.75) is 26.4 Å². The van der Waals surface area contributed by atoms with E-state index in [-0.39, 0.29) is 5.91 Å². The fraction of sp³-hybridized carbons (Fsp3) is 0.316. The van der Waals surface area contributed by atoms with E-state index in [9.17, 15) is 4.79 Å². The number of methoxy groups -OCH3 is 1. The van der Waals surface area contributed by atoms with Crippen molar-refractivity contribution >= 4 is 11.6 Å². The second-order valence-corrected chi connectivity index (χ2v) is 5.30. The van der Waals surface area contributed by atoms with Crippen molar-refractivity contribution in [1.29, 1.82) is 0 Å². The first kappa shape index (κ1) is 17.7. The van der Waals surface area contributed by atoms with E-state index in [1.807, 2.05) is 25.1 Å². The van der Waals surface area contributed by atoms with Gasteiger partial charge in [-0.05, 0) is 49.7 Å². The predicted octanol–water partition coefficient (Wildman–Crippen LogP) is 3.89. The molecule has 5 heteroatoms. The van der Waals surface area contributed by atoms with Crippen LogP contribution in [-0.4, -0.2) is 25.7 Å². The molecule has 1 amide bonds. The lowest BCUT2D eigenvalue weighted by molar-refractivity contribution is -0.122. The van der Waals surface area contributed by atoms with E-state index in [0.29, 0.717) is 18.0 Å². The molecule has 2 rings (SSSR count). The summed E-state index contributed by atoms with van der Waals surface area (Å²) in [4.78, 5) is 12.3. The summed E-state index contributed by atoms with van der Waals surface area (Å²) in [5.41, 5.74) is 0.679. The molecule has 0 aliphatic rings. The van der Waals surface area contributed by atoms with Crippen LogP contribution in [0.5, 0.6) is 17.2 Å². The summed E-state index contributed by atoms with van der Waals surface area (Å²) in [5.74, 6) is 1.86. The van der Waals surface area contributed by atoms with E-state index in [1.165, 1.54) is 0 Å². The van der Waals surface area contributed by atoms with E-state index < -0.39 is 6.10 Å². The van der Waals surface area contributed by atoms with Crippen LogP contribution in [0.2, 0.25) is 0 Å². The van der Waals surface area contributed by atoms with E-state index >= 15 is 0 Å². The molecule has 5 nitrogen and oxygen atoms in total. The van der Waals surface area contributed by atoms with Gasteiger partial charge in [0.05, 0.1) is 13.7 Å². The van der Waals surface area contributed by atoms with Gasteiger partial charge in [0.1, 0.15) is 17.2 Å². The Balaban J connectivity index is 1.93. The lowest BCUT2D eigenvalue weighted by Crippen LogP contribution is -2.30. The summed E-state index contributed by atoms with van der Waals surface area (Å²) in [7, 11) is 1.60. The van der Waals surface area contributed by atoms with Crippen LogP contribution < -0.4 is 19.5 Å². The van der Waals surface area contributed by atoms with E-state index in [4.69, 9.17) is 14.2 Å². The summed E-state index contributed by atoms with van der Waals surface area (Å²) in [6.07, 6.45) is 0.308. The van der Waals surface area contributed by atoms with Crippen LogP contribution in [0.3, 0.4) is 0 Å². The highest BCUT2D eigenvalue weighted by molar-refractivity contribution is 5.94. The first-order chi connectivity index (χ1) is 11.6. The molecule has 0 spiro atoms. The summed E-state index contributed by atoms with van der Waals surface area (Å²) in [6.45, 7) is 4.40. The molecule has 0 aliphatic carbocycles. The number of ether oxygens (including phenoxy) is 3. The van der Waals surface area contributed by atoms with Crippen LogP contribution in [0.4, 0.5) is 5.69 Å². The Bertz CT molecular complexity index is 655. The number of benzene rings is 2. The minimum atomic E-state index is -0.626. The molecule has 24 heavy (non-hydrogen) atoms. The highest BCUT2D eigenvalue weighted by atomic mass is 16.5. The lowest BCUT2D eigenvalue weighted by atomic mass is 10.2. The first-order valence-electron chi connectivity index (χ1n) is 7.96. The van der Waals surface area contributed by atoms with Gasteiger partial charge in [0, 0.05) is 11.8 Å². The Morgan fingerprint density at radius 2 is 1.79 bits per heavy atom. The number of rotatable bonds is 8. The number of anilines is 1. The molecule has 0 fully saturated rings. The molecule has 128 valence electrons. The minimum absolute atomic E-state index is 0.224. The monoisotopic (exact) mass is 329 g/mol. The van der Waals surface area contributed by atoms with Gasteiger partial charge in [-0.2, -0.15) is 0 Å². The number of carbonyl (C=O) groups excluding carboxylic acids is 1. The van der Waals surface area contributed by atoms with Crippen molar-refractivity contribution in [1.82, 2.24) is 0 Å². The van der Waals surface area contributed by atoms with Crippen LogP contribution >= 0.6 is 0 Å². The maximum atomic E-state index is 12.3. The average molecular weight is 329 g/mol. The Kier molecular flexibility index (Phi) is 6.49. The van der Waals surface area contributed by atoms with E-state index in [1.54, 1.807) is 44.4 Å². The third-order valence-electron chi connectivity index (χ3n) is 3.32. The fourth-order valence-electron chi connectivity index (χ4n) is 2.04. The molecule has 2 aromatic carbocycles. The van der Waals surface area contributed by atoms with Crippen LogP contribution in [0.15, 0.2) is 48.5 Å². The predicted molar refractivity (Wildman–Crippen MR) is 93.9 cm³/mol. The molecule has 0 heterocycles. The molecule has 0 aliphatic heterocycles. The maximum absolute atomic E-state index is 12.3. The molecular formula is C19H23NO4. The molecule has 0 bridgehead atoms. The number of hydrogen-bond acceptors (Lipinski definition) is 4. The van der Waals surface area contributed by atoms with E-state index in [0.717, 1.165) is 17.9 Å². The third-order valence-corrected chi connectivity index (χ3v) is 3.32. The second kappa shape index (κ2) is 8.82. The van der Waals surface area contributed by atoms with Gasteiger partial charge < -0.3 is 19.5 Å². The van der Waals surface area contributed by atoms with Crippen molar-refractivity contribution in [2.75, 3.05) is 19.0 Å². The average Bonchev–Trinajstić information content (AvgIpc) is 2.61. The number of hydrogen-bond donors (Lipinski definition) is 1. The fourth-order valence-corrected chi connectivity index (χ4v) is 2.04.